The molecule has 0 aliphatic rings. The van der Waals surface area contributed by atoms with Gasteiger partial charge >= 0.3 is 0 Å². The molecule has 0 amide bonds. The van der Waals surface area contributed by atoms with Gasteiger partial charge in [0.05, 0.1) is 19.9 Å². The third-order valence-electron chi connectivity index (χ3n) is 1.86. The number of rotatable bonds is 5. The zero-order chi connectivity index (χ0) is 11.1. The minimum atomic E-state index is 0.635. The minimum absolute atomic E-state index is 0.635. The first-order chi connectivity index (χ1) is 7.31. The summed E-state index contributed by atoms with van der Waals surface area (Å²) < 4.78 is 10.6. The molecule has 0 aliphatic heterocycles. The van der Waals surface area contributed by atoms with Crippen molar-refractivity contribution in [2.75, 3.05) is 13.7 Å². The van der Waals surface area contributed by atoms with Gasteiger partial charge in [0.15, 0.2) is 11.5 Å². The lowest BCUT2D eigenvalue weighted by Crippen LogP contribution is -1.98. The van der Waals surface area contributed by atoms with E-state index >= 15 is 0 Å². The lowest BCUT2D eigenvalue weighted by atomic mass is 10.2. The van der Waals surface area contributed by atoms with Crippen LogP contribution in [-0.2, 0) is 0 Å². The second-order valence-corrected chi connectivity index (χ2v) is 3.00. The van der Waals surface area contributed by atoms with E-state index in [0.717, 1.165) is 12.0 Å². The zero-order valence-electron chi connectivity index (χ0n) is 8.93. The van der Waals surface area contributed by atoms with Gasteiger partial charge in [-0.3, -0.25) is 0 Å². The molecule has 0 atom stereocenters. The minimum Gasteiger partial charge on any atom is -0.493 e. The van der Waals surface area contributed by atoms with Crippen LogP contribution in [-0.4, -0.2) is 25.1 Å². The SMILES string of the molecule is CCCOc1cc(C=NO)ccc1OC. The normalized spacial score (nSPS) is 10.5. The fourth-order valence-electron chi connectivity index (χ4n) is 1.17. The number of ether oxygens (including phenoxy) is 2. The Labute approximate surface area is 89.1 Å². The Hall–Kier alpha value is -1.71. The first-order valence-corrected chi connectivity index (χ1v) is 4.80. The number of nitrogens with zero attached hydrogens (tertiary/aromatic N) is 1. The fourth-order valence-corrected chi connectivity index (χ4v) is 1.17. The zero-order valence-corrected chi connectivity index (χ0v) is 8.93. The highest BCUT2D eigenvalue weighted by molar-refractivity contribution is 5.80. The van der Waals surface area contributed by atoms with Crippen LogP contribution >= 0.6 is 0 Å². The van der Waals surface area contributed by atoms with Crippen LogP contribution < -0.4 is 9.47 Å². The molecule has 0 unspecified atom stereocenters. The Morgan fingerprint density at radius 3 is 2.80 bits per heavy atom. The van der Waals surface area contributed by atoms with Crippen LogP contribution in [0.15, 0.2) is 23.4 Å². The monoisotopic (exact) mass is 209 g/mol. The lowest BCUT2D eigenvalue weighted by molar-refractivity contribution is 0.294. The summed E-state index contributed by atoms with van der Waals surface area (Å²) in [4.78, 5) is 0. The van der Waals surface area contributed by atoms with Crippen LogP contribution in [0.2, 0.25) is 0 Å². The van der Waals surface area contributed by atoms with Crippen molar-refractivity contribution >= 4 is 6.21 Å². The maximum Gasteiger partial charge on any atom is 0.161 e. The van der Waals surface area contributed by atoms with Gasteiger partial charge in [-0.25, -0.2) is 0 Å². The van der Waals surface area contributed by atoms with Crippen molar-refractivity contribution in [3.05, 3.63) is 23.8 Å². The molecule has 0 saturated heterocycles. The van der Waals surface area contributed by atoms with E-state index in [4.69, 9.17) is 14.7 Å². The molecule has 1 aromatic carbocycles. The number of hydrogen-bond acceptors (Lipinski definition) is 4. The van der Waals surface area contributed by atoms with E-state index in [-0.39, 0.29) is 0 Å². The van der Waals surface area contributed by atoms with E-state index in [0.29, 0.717) is 18.1 Å². The van der Waals surface area contributed by atoms with Gasteiger partial charge in [-0.05, 0) is 24.6 Å². The Kier molecular flexibility index (Phi) is 4.47. The number of oxime groups is 1. The van der Waals surface area contributed by atoms with Gasteiger partial charge < -0.3 is 14.7 Å². The summed E-state index contributed by atoms with van der Waals surface area (Å²) in [5.74, 6) is 1.34. The van der Waals surface area contributed by atoms with Crippen LogP contribution in [0.25, 0.3) is 0 Å². The van der Waals surface area contributed by atoms with E-state index in [1.165, 1.54) is 6.21 Å². The largest absolute Gasteiger partial charge is 0.493 e. The van der Waals surface area contributed by atoms with E-state index in [1.807, 2.05) is 6.92 Å². The van der Waals surface area contributed by atoms with Crippen LogP contribution in [0.3, 0.4) is 0 Å². The molecule has 0 radical (unpaired) electrons. The summed E-state index contributed by atoms with van der Waals surface area (Å²) in [7, 11) is 1.59. The number of methoxy groups -OCH3 is 1. The smallest absolute Gasteiger partial charge is 0.161 e. The van der Waals surface area contributed by atoms with Crippen molar-refractivity contribution in [2.45, 2.75) is 13.3 Å². The predicted octanol–water partition coefficient (Wildman–Crippen LogP) is 2.29. The van der Waals surface area contributed by atoms with Crippen molar-refractivity contribution in [1.29, 1.82) is 0 Å². The van der Waals surface area contributed by atoms with Gasteiger partial charge in [0.2, 0.25) is 0 Å². The Morgan fingerprint density at radius 1 is 1.40 bits per heavy atom. The van der Waals surface area contributed by atoms with Crippen molar-refractivity contribution in [3.63, 3.8) is 0 Å². The molecule has 0 heterocycles. The molecule has 0 saturated carbocycles. The van der Waals surface area contributed by atoms with Crippen LogP contribution in [0.4, 0.5) is 0 Å². The summed E-state index contributed by atoms with van der Waals surface area (Å²) in [6.45, 7) is 2.67. The summed E-state index contributed by atoms with van der Waals surface area (Å²) in [5.41, 5.74) is 0.768. The van der Waals surface area contributed by atoms with Crippen molar-refractivity contribution < 1.29 is 14.7 Å². The highest BCUT2D eigenvalue weighted by atomic mass is 16.5. The molecule has 0 bridgehead atoms. The summed E-state index contributed by atoms with van der Waals surface area (Å²) in [6.07, 6.45) is 2.28. The third-order valence-corrected chi connectivity index (χ3v) is 1.86. The van der Waals surface area contributed by atoms with Gasteiger partial charge in [0.1, 0.15) is 0 Å². The molecule has 1 rings (SSSR count). The average molecular weight is 209 g/mol. The molecular formula is C11H15NO3. The topological polar surface area (TPSA) is 51.0 Å². The van der Waals surface area contributed by atoms with Gasteiger partial charge in [-0.2, -0.15) is 0 Å². The van der Waals surface area contributed by atoms with E-state index in [1.54, 1.807) is 25.3 Å². The number of benzene rings is 1. The molecule has 4 nitrogen and oxygen atoms in total. The third kappa shape index (κ3) is 3.16. The molecule has 0 fully saturated rings. The molecule has 0 aliphatic carbocycles. The van der Waals surface area contributed by atoms with Gasteiger partial charge in [-0.15, -0.1) is 0 Å². The highest BCUT2D eigenvalue weighted by Gasteiger charge is 2.04. The number of hydrogen-bond donors (Lipinski definition) is 1. The second kappa shape index (κ2) is 5.90. The Morgan fingerprint density at radius 2 is 2.20 bits per heavy atom. The van der Waals surface area contributed by atoms with E-state index < -0.39 is 0 Å². The Balaban J connectivity index is 2.91. The fraction of sp³-hybridized carbons (Fsp3) is 0.364. The Bertz CT molecular complexity index is 337. The molecule has 0 aromatic heterocycles. The first-order valence-electron chi connectivity index (χ1n) is 4.80. The van der Waals surface area contributed by atoms with Gasteiger partial charge in [0, 0.05) is 5.56 Å². The molecular weight excluding hydrogens is 194 g/mol. The molecule has 0 spiro atoms. The standard InChI is InChI=1S/C11H15NO3/c1-3-6-15-11-7-9(8-12-13)4-5-10(11)14-2/h4-5,7-8,13H,3,6H2,1-2H3. The second-order valence-electron chi connectivity index (χ2n) is 3.00. The lowest BCUT2D eigenvalue weighted by Gasteiger charge is -2.10. The maximum absolute atomic E-state index is 8.41. The van der Waals surface area contributed by atoms with Crippen molar-refractivity contribution in [1.82, 2.24) is 0 Å². The van der Waals surface area contributed by atoms with Gasteiger partial charge in [-0.1, -0.05) is 12.1 Å². The predicted molar refractivity (Wildman–Crippen MR) is 58.2 cm³/mol. The summed E-state index contributed by atoms with van der Waals surface area (Å²) in [5, 5.41) is 11.4. The van der Waals surface area contributed by atoms with Crippen LogP contribution in [0.1, 0.15) is 18.9 Å². The van der Waals surface area contributed by atoms with Crippen LogP contribution in [0.5, 0.6) is 11.5 Å². The van der Waals surface area contributed by atoms with Crippen LogP contribution in [0, 0.1) is 0 Å². The molecule has 1 N–H and O–H groups in total. The van der Waals surface area contributed by atoms with Crippen molar-refractivity contribution in [3.8, 4) is 11.5 Å². The van der Waals surface area contributed by atoms with Gasteiger partial charge in [0.25, 0.3) is 0 Å². The molecule has 15 heavy (non-hydrogen) atoms. The molecule has 4 heteroatoms. The quantitative estimate of drug-likeness (QED) is 0.460. The van der Waals surface area contributed by atoms with E-state index in [9.17, 15) is 0 Å². The molecule has 1 aromatic rings. The average Bonchev–Trinajstić information content (AvgIpc) is 2.27. The maximum atomic E-state index is 8.41. The van der Waals surface area contributed by atoms with E-state index in [2.05, 4.69) is 5.16 Å². The van der Waals surface area contributed by atoms with Crippen molar-refractivity contribution in [2.24, 2.45) is 5.16 Å². The summed E-state index contributed by atoms with van der Waals surface area (Å²) >= 11 is 0. The summed E-state index contributed by atoms with van der Waals surface area (Å²) in [6, 6.07) is 5.34. The highest BCUT2D eigenvalue weighted by Crippen LogP contribution is 2.27. The molecule has 82 valence electrons. The first kappa shape index (κ1) is 11.4.